The molecule has 2 unspecified atom stereocenters. The van der Waals surface area contributed by atoms with Crippen LogP contribution in [0.15, 0.2) is 54.0 Å². The summed E-state index contributed by atoms with van der Waals surface area (Å²) in [6, 6.07) is 10.7. The van der Waals surface area contributed by atoms with Crippen LogP contribution in [0.1, 0.15) is 43.3 Å². The second-order valence-electron chi connectivity index (χ2n) is 8.36. The minimum absolute atomic E-state index is 0.407. The monoisotopic (exact) mass is 419 g/mol. The first-order valence-corrected chi connectivity index (χ1v) is 11.2. The zero-order valence-electron chi connectivity index (χ0n) is 19.0. The van der Waals surface area contributed by atoms with Gasteiger partial charge >= 0.3 is 0 Å². The van der Waals surface area contributed by atoms with E-state index in [1.807, 2.05) is 35.4 Å². The minimum Gasteiger partial charge on any atom is -0.357 e. The van der Waals surface area contributed by atoms with Crippen molar-refractivity contribution in [1.29, 1.82) is 0 Å². The van der Waals surface area contributed by atoms with Crippen LogP contribution in [-0.2, 0) is 6.54 Å². The quantitative estimate of drug-likeness (QED) is 0.506. The SMILES string of the molecule is CCNC(=NCc1c(C)nn(-c2ccccc2)c1C)N1CCC(C)C(n2ccnc2)C1. The Labute approximate surface area is 184 Å². The summed E-state index contributed by atoms with van der Waals surface area (Å²) >= 11 is 0. The maximum absolute atomic E-state index is 5.03. The van der Waals surface area contributed by atoms with E-state index in [-0.39, 0.29) is 0 Å². The summed E-state index contributed by atoms with van der Waals surface area (Å²) in [5, 5.41) is 8.28. The molecule has 1 fully saturated rings. The van der Waals surface area contributed by atoms with Gasteiger partial charge < -0.3 is 14.8 Å². The summed E-state index contributed by atoms with van der Waals surface area (Å²) in [4.78, 5) is 11.7. The second-order valence-corrected chi connectivity index (χ2v) is 8.36. The van der Waals surface area contributed by atoms with Crippen molar-refractivity contribution in [2.45, 2.75) is 46.7 Å². The van der Waals surface area contributed by atoms with Crippen molar-refractivity contribution >= 4 is 5.96 Å². The van der Waals surface area contributed by atoms with Gasteiger partial charge in [-0.05, 0) is 45.2 Å². The van der Waals surface area contributed by atoms with Gasteiger partial charge in [-0.2, -0.15) is 5.10 Å². The zero-order chi connectivity index (χ0) is 21.8. The lowest BCUT2D eigenvalue weighted by atomic mass is 9.93. The lowest BCUT2D eigenvalue weighted by Crippen LogP contribution is -2.49. The lowest BCUT2D eigenvalue weighted by Gasteiger charge is -2.39. The molecule has 1 aliphatic rings. The molecule has 0 spiro atoms. The van der Waals surface area contributed by atoms with E-state index >= 15 is 0 Å². The van der Waals surface area contributed by atoms with E-state index in [2.05, 4.69) is 65.8 Å². The number of nitrogens with one attached hydrogen (secondary N) is 1. The van der Waals surface area contributed by atoms with Crippen molar-refractivity contribution in [1.82, 2.24) is 29.5 Å². The molecule has 1 aromatic carbocycles. The number of likely N-dealkylation sites (tertiary alicyclic amines) is 1. The van der Waals surface area contributed by atoms with Gasteiger partial charge in [0.1, 0.15) is 0 Å². The summed E-state index contributed by atoms with van der Waals surface area (Å²) in [5.41, 5.74) is 4.45. The van der Waals surface area contributed by atoms with Crippen LogP contribution < -0.4 is 5.32 Å². The van der Waals surface area contributed by atoms with Crippen LogP contribution in [0, 0.1) is 19.8 Å². The number of benzene rings is 1. The van der Waals surface area contributed by atoms with E-state index in [0.717, 1.165) is 49.1 Å². The van der Waals surface area contributed by atoms with Crippen LogP contribution in [0.3, 0.4) is 0 Å². The normalized spacial score (nSPS) is 19.6. The van der Waals surface area contributed by atoms with Crippen molar-refractivity contribution in [2.24, 2.45) is 10.9 Å². The van der Waals surface area contributed by atoms with E-state index in [4.69, 9.17) is 10.1 Å². The highest BCUT2D eigenvalue weighted by Gasteiger charge is 2.29. The molecule has 2 aromatic heterocycles. The third kappa shape index (κ3) is 4.50. The molecule has 3 aromatic rings. The highest BCUT2D eigenvalue weighted by Crippen LogP contribution is 2.27. The number of piperidine rings is 1. The Hall–Kier alpha value is -3.09. The summed E-state index contributed by atoms with van der Waals surface area (Å²) < 4.78 is 4.25. The van der Waals surface area contributed by atoms with Gasteiger partial charge in [-0.25, -0.2) is 14.7 Å². The molecule has 2 atom stereocenters. The highest BCUT2D eigenvalue weighted by molar-refractivity contribution is 5.80. The minimum atomic E-state index is 0.407. The Morgan fingerprint density at radius 3 is 2.74 bits per heavy atom. The summed E-state index contributed by atoms with van der Waals surface area (Å²) in [5.74, 6) is 1.59. The standard InChI is InChI=1S/C24H33N7/c1-5-26-24(29-13-11-18(2)23(16-29)30-14-12-25-17-30)27-15-22-19(3)28-31(20(22)4)21-9-7-6-8-10-21/h6-10,12,14,17-18,23H,5,11,13,15-16H2,1-4H3,(H,26,27). The first-order valence-electron chi connectivity index (χ1n) is 11.2. The topological polar surface area (TPSA) is 63.3 Å². The Morgan fingerprint density at radius 2 is 2.03 bits per heavy atom. The predicted molar refractivity (Wildman–Crippen MR) is 124 cm³/mol. The van der Waals surface area contributed by atoms with Crippen LogP contribution >= 0.6 is 0 Å². The number of para-hydroxylation sites is 1. The number of aryl methyl sites for hydroxylation is 1. The summed E-state index contributed by atoms with van der Waals surface area (Å²) in [6.07, 6.45) is 7.00. The molecule has 7 nitrogen and oxygen atoms in total. The van der Waals surface area contributed by atoms with Crippen LogP contribution in [0.5, 0.6) is 0 Å². The molecule has 4 rings (SSSR count). The number of aliphatic imine (C=N–C) groups is 1. The van der Waals surface area contributed by atoms with Crippen LogP contribution in [0.25, 0.3) is 5.69 Å². The number of hydrogen-bond donors (Lipinski definition) is 1. The smallest absolute Gasteiger partial charge is 0.194 e. The Morgan fingerprint density at radius 1 is 1.23 bits per heavy atom. The van der Waals surface area contributed by atoms with Gasteiger partial charge in [0.15, 0.2) is 5.96 Å². The predicted octanol–water partition coefficient (Wildman–Crippen LogP) is 3.73. The first kappa shape index (κ1) is 21.2. The molecule has 0 aliphatic carbocycles. The van der Waals surface area contributed by atoms with Gasteiger partial charge in [0.2, 0.25) is 0 Å². The summed E-state index contributed by atoms with van der Waals surface area (Å²) in [7, 11) is 0. The highest BCUT2D eigenvalue weighted by atomic mass is 15.3. The van der Waals surface area contributed by atoms with Crippen LogP contribution in [0.4, 0.5) is 0 Å². The van der Waals surface area contributed by atoms with Gasteiger partial charge in [-0.1, -0.05) is 25.1 Å². The molecule has 0 radical (unpaired) electrons. The fourth-order valence-electron chi connectivity index (χ4n) is 4.40. The number of aromatic nitrogens is 4. The van der Waals surface area contributed by atoms with Crippen molar-refractivity contribution in [3.63, 3.8) is 0 Å². The van der Waals surface area contributed by atoms with E-state index < -0.39 is 0 Å². The van der Waals surface area contributed by atoms with Gasteiger partial charge in [0.25, 0.3) is 0 Å². The largest absolute Gasteiger partial charge is 0.357 e. The Bertz CT molecular complexity index is 1000. The summed E-state index contributed by atoms with van der Waals surface area (Å²) in [6.45, 7) is 12.1. The van der Waals surface area contributed by atoms with Crippen molar-refractivity contribution < 1.29 is 0 Å². The van der Waals surface area contributed by atoms with Crippen molar-refractivity contribution in [3.8, 4) is 5.69 Å². The van der Waals surface area contributed by atoms with E-state index in [9.17, 15) is 0 Å². The number of imidazole rings is 1. The maximum atomic E-state index is 5.03. The number of rotatable bonds is 5. The van der Waals surface area contributed by atoms with Crippen molar-refractivity contribution in [2.75, 3.05) is 19.6 Å². The van der Waals surface area contributed by atoms with E-state index in [1.165, 1.54) is 5.56 Å². The Kier molecular flexibility index (Phi) is 6.39. The zero-order valence-corrected chi connectivity index (χ0v) is 19.0. The average Bonchev–Trinajstić information content (AvgIpc) is 3.41. The molecule has 0 bridgehead atoms. The van der Waals surface area contributed by atoms with Crippen LogP contribution in [-0.4, -0.2) is 49.8 Å². The van der Waals surface area contributed by atoms with Crippen molar-refractivity contribution in [3.05, 3.63) is 66.0 Å². The van der Waals surface area contributed by atoms with Crippen LogP contribution in [0.2, 0.25) is 0 Å². The molecule has 1 N–H and O–H groups in total. The molecule has 0 amide bonds. The van der Waals surface area contributed by atoms with Gasteiger partial charge in [0.05, 0.1) is 30.3 Å². The average molecular weight is 420 g/mol. The second kappa shape index (κ2) is 9.37. The number of guanidine groups is 1. The molecular formula is C24H33N7. The van der Waals surface area contributed by atoms with Gasteiger partial charge in [-0.3, -0.25) is 0 Å². The maximum Gasteiger partial charge on any atom is 0.194 e. The Balaban J connectivity index is 1.55. The first-order chi connectivity index (χ1) is 15.1. The molecule has 0 saturated carbocycles. The van der Waals surface area contributed by atoms with Gasteiger partial charge in [-0.15, -0.1) is 0 Å². The van der Waals surface area contributed by atoms with Gasteiger partial charge in [0, 0.05) is 43.3 Å². The third-order valence-corrected chi connectivity index (χ3v) is 6.29. The molecule has 7 heteroatoms. The molecule has 1 saturated heterocycles. The molecule has 3 heterocycles. The molecule has 1 aliphatic heterocycles. The third-order valence-electron chi connectivity index (χ3n) is 6.29. The molecule has 31 heavy (non-hydrogen) atoms. The molecular weight excluding hydrogens is 386 g/mol. The number of hydrogen-bond acceptors (Lipinski definition) is 3. The van der Waals surface area contributed by atoms with E-state index in [0.29, 0.717) is 18.5 Å². The molecule has 164 valence electrons. The lowest BCUT2D eigenvalue weighted by molar-refractivity contribution is 0.189. The van der Waals surface area contributed by atoms with E-state index in [1.54, 1.807) is 0 Å². The fraction of sp³-hybridized carbons (Fsp3) is 0.458. The number of nitrogens with zero attached hydrogens (tertiary/aromatic N) is 6. The fourth-order valence-corrected chi connectivity index (χ4v) is 4.40.